The second-order valence-corrected chi connectivity index (χ2v) is 8.45. The molecule has 0 amide bonds. The van der Waals surface area contributed by atoms with Gasteiger partial charge in [-0.2, -0.15) is 0 Å². The Bertz CT molecular complexity index is 753. The van der Waals surface area contributed by atoms with Crippen molar-refractivity contribution in [2.24, 2.45) is 11.7 Å². The van der Waals surface area contributed by atoms with Crippen molar-refractivity contribution in [2.75, 3.05) is 10.8 Å². The fraction of sp³-hybridized carbons (Fsp3) is 0.333. The molecule has 1 aliphatic rings. The lowest BCUT2D eigenvalue weighted by Gasteiger charge is -2.33. The molecule has 2 aromatic rings. The molecule has 1 atom stereocenters. The minimum absolute atomic E-state index is 0.309. The third-order valence-electron chi connectivity index (χ3n) is 3.72. The molecule has 0 fully saturated rings. The van der Waals surface area contributed by atoms with E-state index in [4.69, 9.17) is 5.73 Å². The van der Waals surface area contributed by atoms with Crippen molar-refractivity contribution in [3.63, 3.8) is 0 Å². The van der Waals surface area contributed by atoms with E-state index < -0.39 is 10.0 Å². The van der Waals surface area contributed by atoms with Crippen LogP contribution in [0.5, 0.6) is 0 Å². The fourth-order valence-electron chi connectivity index (χ4n) is 2.68. The van der Waals surface area contributed by atoms with Crippen molar-refractivity contribution in [3.8, 4) is 0 Å². The number of rotatable bonds is 3. The van der Waals surface area contributed by atoms with Crippen LogP contribution in [0.3, 0.4) is 0 Å². The highest BCUT2D eigenvalue weighted by Gasteiger charge is 2.32. The van der Waals surface area contributed by atoms with Crippen molar-refractivity contribution in [3.05, 3.63) is 46.8 Å². The smallest absolute Gasteiger partial charge is 0.273 e. The van der Waals surface area contributed by atoms with Gasteiger partial charge in [0.1, 0.15) is 4.21 Å². The molecule has 21 heavy (non-hydrogen) atoms. The number of hydrogen-bond donors (Lipinski definition) is 1. The summed E-state index contributed by atoms with van der Waals surface area (Å²) in [6, 6.07) is 9.42. The van der Waals surface area contributed by atoms with E-state index in [-0.39, 0.29) is 0 Å². The topological polar surface area (TPSA) is 63.4 Å². The molecular weight excluding hydrogens is 304 g/mol. The van der Waals surface area contributed by atoms with Gasteiger partial charge in [0.15, 0.2) is 0 Å². The molecule has 0 radical (unpaired) electrons. The van der Waals surface area contributed by atoms with Crippen molar-refractivity contribution in [1.29, 1.82) is 0 Å². The second-order valence-electron chi connectivity index (χ2n) is 5.45. The first-order valence-corrected chi connectivity index (χ1v) is 9.22. The number of fused-ring (bicyclic) bond motifs is 1. The first kappa shape index (κ1) is 14.6. The van der Waals surface area contributed by atoms with Crippen molar-refractivity contribution in [2.45, 2.75) is 24.1 Å². The average Bonchev–Trinajstić information content (AvgIpc) is 2.96. The van der Waals surface area contributed by atoms with Crippen LogP contribution in [-0.2, 0) is 23.0 Å². The van der Waals surface area contributed by atoms with E-state index in [1.54, 1.807) is 10.4 Å². The summed E-state index contributed by atoms with van der Waals surface area (Å²) in [6.45, 7) is 2.96. The highest BCUT2D eigenvalue weighted by atomic mass is 32.2. The maximum atomic E-state index is 12.9. The largest absolute Gasteiger partial charge is 0.326 e. The SMILES string of the molecule is CC1Cc2ccccc2N(S(=O)(=O)c2cc(CN)cs2)C1. The van der Waals surface area contributed by atoms with Gasteiger partial charge >= 0.3 is 0 Å². The standard InChI is InChI=1S/C15H18N2O2S2/c1-11-6-13-4-2-3-5-14(13)17(9-11)21(18,19)15-7-12(8-16)10-20-15/h2-5,7,10-11H,6,8-9,16H2,1H3. The molecule has 1 aliphatic heterocycles. The van der Waals surface area contributed by atoms with Crippen molar-refractivity contribution < 1.29 is 8.42 Å². The Kier molecular flexibility index (Phi) is 3.77. The second kappa shape index (κ2) is 5.44. The van der Waals surface area contributed by atoms with Gasteiger partial charge in [-0.3, -0.25) is 4.31 Å². The number of nitrogens with zero attached hydrogens (tertiary/aromatic N) is 1. The van der Waals surface area contributed by atoms with E-state index in [9.17, 15) is 8.42 Å². The fourth-order valence-corrected chi connectivity index (χ4v) is 5.64. The van der Waals surface area contributed by atoms with Gasteiger partial charge in [-0.05, 0) is 41.0 Å². The Labute approximate surface area is 129 Å². The van der Waals surface area contributed by atoms with Crippen LogP contribution in [0.2, 0.25) is 0 Å². The maximum absolute atomic E-state index is 12.9. The first-order valence-electron chi connectivity index (χ1n) is 6.90. The molecule has 0 saturated carbocycles. The molecular formula is C15H18N2O2S2. The summed E-state index contributed by atoms with van der Waals surface area (Å²) in [7, 11) is -3.50. The van der Waals surface area contributed by atoms with Crippen LogP contribution in [0.4, 0.5) is 5.69 Å². The Morgan fingerprint density at radius 2 is 2.14 bits per heavy atom. The summed E-state index contributed by atoms with van der Waals surface area (Å²) in [5, 5.41) is 1.81. The minimum Gasteiger partial charge on any atom is -0.326 e. The summed E-state index contributed by atoms with van der Waals surface area (Å²) in [5.74, 6) is 0.309. The van der Waals surface area contributed by atoms with Crippen molar-refractivity contribution >= 4 is 27.0 Å². The normalized spacial score (nSPS) is 18.6. The molecule has 4 nitrogen and oxygen atoms in total. The third-order valence-corrected chi connectivity index (χ3v) is 6.96. The van der Waals surface area contributed by atoms with Gasteiger partial charge in [-0.25, -0.2) is 8.42 Å². The van der Waals surface area contributed by atoms with Gasteiger partial charge in [0.2, 0.25) is 0 Å². The van der Waals surface area contributed by atoms with E-state index in [1.165, 1.54) is 11.3 Å². The van der Waals surface area contributed by atoms with Crippen LogP contribution >= 0.6 is 11.3 Å². The van der Waals surface area contributed by atoms with Gasteiger partial charge in [-0.15, -0.1) is 11.3 Å². The first-order chi connectivity index (χ1) is 10.0. The van der Waals surface area contributed by atoms with E-state index in [1.807, 2.05) is 29.6 Å². The van der Waals surface area contributed by atoms with Crippen LogP contribution in [-0.4, -0.2) is 15.0 Å². The van der Waals surface area contributed by atoms with Gasteiger partial charge in [0.25, 0.3) is 10.0 Å². The molecule has 0 saturated heterocycles. The van der Waals surface area contributed by atoms with Crippen LogP contribution in [0, 0.1) is 5.92 Å². The van der Waals surface area contributed by atoms with E-state index in [0.717, 1.165) is 23.2 Å². The van der Waals surface area contributed by atoms with Gasteiger partial charge in [-0.1, -0.05) is 25.1 Å². The minimum atomic E-state index is -3.50. The zero-order chi connectivity index (χ0) is 15.0. The summed E-state index contributed by atoms with van der Waals surface area (Å²) in [4.78, 5) is 0. The quantitative estimate of drug-likeness (QED) is 0.945. The van der Waals surface area contributed by atoms with E-state index in [2.05, 4.69) is 6.92 Å². The van der Waals surface area contributed by atoms with Crippen LogP contribution < -0.4 is 10.0 Å². The van der Waals surface area contributed by atoms with Gasteiger partial charge in [0.05, 0.1) is 5.69 Å². The third kappa shape index (κ3) is 2.59. The predicted molar refractivity (Wildman–Crippen MR) is 86.1 cm³/mol. The molecule has 1 unspecified atom stereocenters. The summed E-state index contributed by atoms with van der Waals surface area (Å²) in [6.07, 6.45) is 0.917. The summed E-state index contributed by atoms with van der Waals surface area (Å²) < 4.78 is 27.8. The van der Waals surface area contributed by atoms with Gasteiger partial charge < -0.3 is 5.73 Å². The Morgan fingerprint density at radius 3 is 2.86 bits per heavy atom. The highest BCUT2D eigenvalue weighted by molar-refractivity contribution is 7.94. The number of sulfonamides is 1. The monoisotopic (exact) mass is 322 g/mol. The zero-order valence-corrected chi connectivity index (χ0v) is 13.5. The van der Waals surface area contributed by atoms with E-state index >= 15 is 0 Å². The molecule has 2 heterocycles. The Morgan fingerprint density at radius 1 is 1.38 bits per heavy atom. The van der Waals surface area contributed by atoms with Crippen LogP contribution in [0.15, 0.2) is 39.9 Å². The molecule has 112 valence electrons. The van der Waals surface area contributed by atoms with Crippen molar-refractivity contribution in [1.82, 2.24) is 0 Å². The summed E-state index contributed by atoms with van der Waals surface area (Å²) in [5.41, 5.74) is 8.34. The maximum Gasteiger partial charge on any atom is 0.273 e. The molecule has 2 N–H and O–H groups in total. The lowest BCUT2D eigenvalue weighted by atomic mass is 9.96. The highest BCUT2D eigenvalue weighted by Crippen LogP contribution is 2.35. The van der Waals surface area contributed by atoms with Crippen LogP contribution in [0.25, 0.3) is 0 Å². The Balaban J connectivity index is 2.07. The molecule has 0 aliphatic carbocycles. The molecule has 0 bridgehead atoms. The molecule has 1 aromatic heterocycles. The number of para-hydroxylation sites is 1. The average molecular weight is 322 g/mol. The number of benzene rings is 1. The van der Waals surface area contributed by atoms with E-state index in [0.29, 0.717) is 23.2 Å². The number of nitrogens with two attached hydrogens (primary N) is 1. The predicted octanol–water partition coefficient (Wildman–Crippen LogP) is 2.59. The Hall–Kier alpha value is -1.37. The number of hydrogen-bond acceptors (Lipinski definition) is 4. The lowest BCUT2D eigenvalue weighted by molar-refractivity contribution is 0.546. The number of anilines is 1. The lowest BCUT2D eigenvalue weighted by Crippen LogP contribution is -2.38. The zero-order valence-electron chi connectivity index (χ0n) is 11.8. The summed E-state index contributed by atoms with van der Waals surface area (Å²) >= 11 is 1.24. The molecule has 0 spiro atoms. The number of thiophene rings is 1. The molecule has 1 aromatic carbocycles. The molecule has 3 rings (SSSR count). The van der Waals surface area contributed by atoms with Gasteiger partial charge in [0, 0.05) is 13.1 Å². The molecule has 6 heteroatoms. The van der Waals surface area contributed by atoms with Crippen LogP contribution in [0.1, 0.15) is 18.1 Å².